The van der Waals surface area contributed by atoms with E-state index in [0.29, 0.717) is 5.75 Å². The van der Waals surface area contributed by atoms with E-state index in [1.54, 1.807) is 13.8 Å². The summed E-state index contributed by atoms with van der Waals surface area (Å²) in [7, 11) is 0. The molecule has 0 fully saturated rings. The average molecular weight is 291 g/mol. The van der Waals surface area contributed by atoms with Crippen molar-refractivity contribution >= 4 is 17.7 Å². The maximum atomic E-state index is 12.2. The minimum atomic E-state index is -4.83. The fraction of sp³-hybridized carbons (Fsp3) is 0.462. The van der Waals surface area contributed by atoms with Gasteiger partial charge in [-0.05, 0) is 18.1 Å². The minimum Gasteiger partial charge on any atom is -0.344 e. The monoisotopic (exact) mass is 291 g/mol. The van der Waals surface area contributed by atoms with E-state index >= 15 is 0 Å². The van der Waals surface area contributed by atoms with Crippen molar-refractivity contribution in [3.05, 3.63) is 30.3 Å². The van der Waals surface area contributed by atoms with Crippen molar-refractivity contribution in [2.45, 2.75) is 31.0 Å². The van der Waals surface area contributed by atoms with E-state index in [9.17, 15) is 18.0 Å². The van der Waals surface area contributed by atoms with Gasteiger partial charge < -0.3 is 5.32 Å². The lowest BCUT2D eigenvalue weighted by atomic mass is 10.1. The molecule has 1 N–H and O–H groups in total. The smallest absolute Gasteiger partial charge is 0.344 e. The predicted octanol–water partition coefficient (Wildman–Crippen LogP) is 3.48. The zero-order chi connectivity index (χ0) is 14.5. The van der Waals surface area contributed by atoms with Gasteiger partial charge in [0.15, 0.2) is 0 Å². The van der Waals surface area contributed by atoms with Crippen LogP contribution >= 0.6 is 11.8 Å². The topological polar surface area (TPSA) is 29.1 Å². The SMILES string of the molecule is CC(C)[C@@H](CSc1ccccc1)NC(=O)C(F)(F)F. The zero-order valence-electron chi connectivity index (χ0n) is 10.7. The Morgan fingerprint density at radius 2 is 1.84 bits per heavy atom. The van der Waals surface area contributed by atoms with Gasteiger partial charge >= 0.3 is 12.1 Å². The minimum absolute atomic E-state index is 0.0671. The van der Waals surface area contributed by atoms with E-state index in [-0.39, 0.29) is 5.92 Å². The third-order valence-electron chi connectivity index (χ3n) is 2.55. The highest BCUT2D eigenvalue weighted by Gasteiger charge is 2.40. The fourth-order valence-corrected chi connectivity index (χ4v) is 2.54. The van der Waals surface area contributed by atoms with Gasteiger partial charge in [-0.25, -0.2) is 0 Å². The molecule has 0 aliphatic heterocycles. The molecule has 0 saturated carbocycles. The van der Waals surface area contributed by atoms with Crippen molar-refractivity contribution in [2.24, 2.45) is 5.92 Å². The number of halogens is 3. The zero-order valence-corrected chi connectivity index (χ0v) is 11.5. The van der Waals surface area contributed by atoms with E-state index in [4.69, 9.17) is 0 Å². The van der Waals surface area contributed by atoms with Crippen molar-refractivity contribution in [2.75, 3.05) is 5.75 Å². The van der Waals surface area contributed by atoms with Crippen LogP contribution in [0, 0.1) is 5.92 Å². The molecule has 1 amide bonds. The fourth-order valence-electron chi connectivity index (χ4n) is 1.35. The van der Waals surface area contributed by atoms with Crippen molar-refractivity contribution in [3.8, 4) is 0 Å². The van der Waals surface area contributed by atoms with Gasteiger partial charge in [0.1, 0.15) is 0 Å². The second-order valence-electron chi connectivity index (χ2n) is 4.45. The summed E-state index contributed by atoms with van der Waals surface area (Å²) in [4.78, 5) is 11.9. The standard InChI is InChI=1S/C13H16F3NOS/c1-9(2)11(17-12(18)13(14,15)16)8-19-10-6-4-3-5-7-10/h3-7,9,11H,8H2,1-2H3,(H,17,18)/t11-/m1/s1. The summed E-state index contributed by atoms with van der Waals surface area (Å²) >= 11 is 1.43. The molecule has 19 heavy (non-hydrogen) atoms. The molecule has 2 nitrogen and oxygen atoms in total. The van der Waals surface area contributed by atoms with Crippen LogP contribution in [0.4, 0.5) is 13.2 Å². The van der Waals surface area contributed by atoms with Crippen LogP contribution in [0.1, 0.15) is 13.8 Å². The van der Waals surface area contributed by atoms with Crippen LogP contribution < -0.4 is 5.32 Å². The summed E-state index contributed by atoms with van der Waals surface area (Å²) in [5.74, 6) is -1.54. The van der Waals surface area contributed by atoms with Gasteiger partial charge in [-0.15, -0.1) is 11.8 Å². The lowest BCUT2D eigenvalue weighted by Crippen LogP contribution is -2.46. The molecule has 1 aromatic rings. The van der Waals surface area contributed by atoms with E-state index in [1.807, 2.05) is 35.6 Å². The molecule has 0 aromatic heterocycles. The maximum absolute atomic E-state index is 12.2. The third-order valence-corrected chi connectivity index (χ3v) is 3.68. The first kappa shape index (κ1) is 15.9. The number of carbonyl (C=O) groups excluding carboxylic acids is 1. The first-order valence-electron chi connectivity index (χ1n) is 5.86. The highest BCUT2D eigenvalue weighted by atomic mass is 32.2. The number of hydrogen-bond acceptors (Lipinski definition) is 2. The Kier molecular flexibility index (Phi) is 5.72. The average Bonchev–Trinajstić information content (AvgIpc) is 2.33. The third kappa shape index (κ3) is 5.55. The van der Waals surface area contributed by atoms with Gasteiger partial charge in [0.2, 0.25) is 0 Å². The molecule has 0 heterocycles. The second kappa shape index (κ2) is 6.84. The van der Waals surface area contributed by atoms with Crippen molar-refractivity contribution in [1.82, 2.24) is 5.32 Å². The second-order valence-corrected chi connectivity index (χ2v) is 5.54. The van der Waals surface area contributed by atoms with Gasteiger partial charge in [-0.3, -0.25) is 4.79 Å². The molecular formula is C13H16F3NOS. The quantitative estimate of drug-likeness (QED) is 0.842. The highest BCUT2D eigenvalue weighted by molar-refractivity contribution is 7.99. The van der Waals surface area contributed by atoms with Gasteiger partial charge in [-0.2, -0.15) is 13.2 Å². The Balaban J connectivity index is 2.57. The van der Waals surface area contributed by atoms with Gasteiger partial charge in [0.05, 0.1) is 0 Å². The molecule has 106 valence electrons. The maximum Gasteiger partial charge on any atom is 0.471 e. The van der Waals surface area contributed by atoms with Crippen molar-refractivity contribution in [1.29, 1.82) is 0 Å². The van der Waals surface area contributed by atoms with E-state index in [0.717, 1.165) is 4.90 Å². The van der Waals surface area contributed by atoms with Crippen LogP contribution in [0.3, 0.4) is 0 Å². The van der Waals surface area contributed by atoms with Crippen LogP contribution in [-0.4, -0.2) is 23.9 Å². The van der Waals surface area contributed by atoms with Crippen LogP contribution in [0.25, 0.3) is 0 Å². The molecule has 0 saturated heterocycles. The first-order valence-corrected chi connectivity index (χ1v) is 6.85. The largest absolute Gasteiger partial charge is 0.471 e. The van der Waals surface area contributed by atoms with Gasteiger partial charge in [-0.1, -0.05) is 32.0 Å². The summed E-state index contributed by atoms with van der Waals surface area (Å²) < 4.78 is 36.7. The normalized spacial score (nSPS) is 13.4. The van der Waals surface area contributed by atoms with Gasteiger partial charge in [0.25, 0.3) is 0 Å². The molecular weight excluding hydrogens is 275 g/mol. The Bertz CT molecular complexity index is 406. The molecule has 0 aliphatic rings. The summed E-state index contributed by atoms with van der Waals surface area (Å²) in [5.41, 5.74) is 0. The molecule has 0 bridgehead atoms. The van der Waals surface area contributed by atoms with E-state index in [2.05, 4.69) is 0 Å². The van der Waals surface area contributed by atoms with Crippen LogP contribution in [0.15, 0.2) is 35.2 Å². The molecule has 6 heteroatoms. The number of benzene rings is 1. The summed E-state index contributed by atoms with van der Waals surface area (Å²) in [6.07, 6.45) is -4.83. The van der Waals surface area contributed by atoms with Crippen LogP contribution in [0.5, 0.6) is 0 Å². The molecule has 1 rings (SSSR count). The number of carbonyl (C=O) groups is 1. The van der Waals surface area contributed by atoms with E-state index in [1.165, 1.54) is 11.8 Å². The van der Waals surface area contributed by atoms with Crippen LogP contribution in [0.2, 0.25) is 0 Å². The van der Waals surface area contributed by atoms with Gasteiger partial charge in [0, 0.05) is 16.7 Å². The number of rotatable bonds is 5. The Hall–Kier alpha value is -1.17. The Morgan fingerprint density at radius 3 is 2.32 bits per heavy atom. The first-order chi connectivity index (χ1) is 8.80. The number of amides is 1. The highest BCUT2D eigenvalue weighted by Crippen LogP contribution is 2.21. The number of nitrogens with one attached hydrogen (secondary N) is 1. The molecule has 0 spiro atoms. The number of thioether (sulfide) groups is 1. The van der Waals surface area contributed by atoms with Crippen molar-refractivity contribution < 1.29 is 18.0 Å². The summed E-state index contributed by atoms with van der Waals surface area (Å²) in [5, 5.41) is 2.04. The van der Waals surface area contributed by atoms with Crippen molar-refractivity contribution in [3.63, 3.8) is 0 Å². The summed E-state index contributed by atoms with van der Waals surface area (Å²) in [6, 6.07) is 8.85. The predicted molar refractivity (Wildman–Crippen MR) is 70.0 cm³/mol. The van der Waals surface area contributed by atoms with E-state index < -0.39 is 18.1 Å². The molecule has 0 unspecified atom stereocenters. The molecule has 1 aromatic carbocycles. The number of alkyl halides is 3. The molecule has 0 radical (unpaired) electrons. The Morgan fingerprint density at radius 1 is 1.26 bits per heavy atom. The molecule has 0 aliphatic carbocycles. The summed E-state index contributed by atoms with van der Waals surface area (Å²) in [6.45, 7) is 3.57. The Labute approximate surface area is 114 Å². The molecule has 1 atom stereocenters. The lowest BCUT2D eigenvalue weighted by molar-refractivity contribution is -0.174. The van der Waals surface area contributed by atoms with Crippen LogP contribution in [-0.2, 0) is 4.79 Å². The number of hydrogen-bond donors (Lipinski definition) is 1. The lowest BCUT2D eigenvalue weighted by Gasteiger charge is -2.22.